The second-order valence-corrected chi connectivity index (χ2v) is 4.71. The maximum atomic E-state index is 11.7. The van der Waals surface area contributed by atoms with Crippen molar-refractivity contribution in [3.05, 3.63) is 0 Å². The van der Waals surface area contributed by atoms with Gasteiger partial charge in [-0.25, -0.2) is 9.59 Å². The van der Waals surface area contributed by atoms with Gasteiger partial charge in [0.15, 0.2) is 0 Å². The van der Waals surface area contributed by atoms with E-state index >= 15 is 0 Å². The summed E-state index contributed by atoms with van der Waals surface area (Å²) in [6, 6.07) is -1.99. The Balaban J connectivity index is 2.43. The van der Waals surface area contributed by atoms with Crippen molar-refractivity contribution < 1.29 is 24.3 Å². The number of hydrogen-bond acceptors (Lipinski definition) is 4. The SMILES string of the molecule is CN(CC(=O)NC1CC1)C(=O)NC(CC(N)=O)C(=O)O. The minimum Gasteiger partial charge on any atom is -0.480 e. The number of carboxylic acid groups (broad SMARTS) is 1. The number of urea groups is 1. The number of nitrogens with one attached hydrogen (secondary N) is 2. The number of likely N-dealkylation sites (N-methyl/N-ethyl adjacent to an activating group) is 1. The van der Waals surface area contributed by atoms with Gasteiger partial charge in [0.05, 0.1) is 6.42 Å². The molecule has 0 aromatic carbocycles. The zero-order valence-electron chi connectivity index (χ0n) is 11.1. The van der Waals surface area contributed by atoms with E-state index < -0.39 is 30.4 Å². The number of carbonyl (C=O) groups is 4. The number of hydrogen-bond donors (Lipinski definition) is 4. The average Bonchev–Trinajstić information content (AvgIpc) is 3.10. The number of rotatable bonds is 7. The molecule has 1 aliphatic carbocycles. The summed E-state index contributed by atoms with van der Waals surface area (Å²) in [5, 5.41) is 13.7. The Kier molecular flexibility index (Phi) is 5.30. The predicted molar refractivity (Wildman–Crippen MR) is 67.6 cm³/mol. The van der Waals surface area contributed by atoms with Crippen molar-refractivity contribution >= 4 is 23.8 Å². The van der Waals surface area contributed by atoms with E-state index in [0.717, 1.165) is 17.7 Å². The lowest BCUT2D eigenvalue weighted by Crippen LogP contribution is -2.50. The summed E-state index contributed by atoms with van der Waals surface area (Å²) in [7, 11) is 1.35. The van der Waals surface area contributed by atoms with Gasteiger partial charge in [0, 0.05) is 13.1 Å². The van der Waals surface area contributed by atoms with Crippen LogP contribution in [0.1, 0.15) is 19.3 Å². The number of carbonyl (C=O) groups excluding carboxylic acids is 3. The Labute approximate surface area is 115 Å². The zero-order valence-corrected chi connectivity index (χ0v) is 11.1. The van der Waals surface area contributed by atoms with Gasteiger partial charge in [-0.3, -0.25) is 9.59 Å². The Morgan fingerprint density at radius 3 is 2.40 bits per heavy atom. The number of nitrogens with zero attached hydrogens (tertiary/aromatic N) is 1. The lowest BCUT2D eigenvalue weighted by Gasteiger charge is -2.20. The van der Waals surface area contributed by atoms with Crippen molar-refractivity contribution in [2.45, 2.75) is 31.3 Å². The molecule has 1 fully saturated rings. The van der Waals surface area contributed by atoms with Crippen LogP contribution in [0.25, 0.3) is 0 Å². The molecule has 20 heavy (non-hydrogen) atoms. The standard InChI is InChI=1S/C11H18N4O5/c1-15(5-9(17)13-6-2-3-6)11(20)14-7(10(18)19)4-8(12)16/h6-7H,2-5H2,1H3,(H2,12,16)(H,13,17)(H,14,20)(H,18,19). The maximum Gasteiger partial charge on any atom is 0.326 e. The van der Waals surface area contributed by atoms with Gasteiger partial charge in [0.2, 0.25) is 11.8 Å². The van der Waals surface area contributed by atoms with Crippen LogP contribution in [0.4, 0.5) is 4.79 Å². The molecule has 0 spiro atoms. The second-order valence-electron chi connectivity index (χ2n) is 4.71. The highest BCUT2D eigenvalue weighted by molar-refractivity contribution is 5.89. The highest BCUT2D eigenvalue weighted by atomic mass is 16.4. The molecule has 1 unspecified atom stereocenters. The normalized spacial score (nSPS) is 15.1. The maximum absolute atomic E-state index is 11.7. The average molecular weight is 286 g/mol. The first-order valence-electron chi connectivity index (χ1n) is 6.11. The van der Waals surface area contributed by atoms with Crippen LogP contribution < -0.4 is 16.4 Å². The van der Waals surface area contributed by atoms with Gasteiger partial charge >= 0.3 is 12.0 Å². The monoisotopic (exact) mass is 286 g/mol. The fraction of sp³-hybridized carbons (Fsp3) is 0.636. The van der Waals surface area contributed by atoms with Crippen molar-refractivity contribution in [2.24, 2.45) is 5.73 Å². The highest BCUT2D eigenvalue weighted by Gasteiger charge is 2.26. The van der Waals surface area contributed by atoms with E-state index in [4.69, 9.17) is 10.8 Å². The third kappa shape index (κ3) is 5.55. The lowest BCUT2D eigenvalue weighted by atomic mass is 10.2. The van der Waals surface area contributed by atoms with E-state index in [1.165, 1.54) is 7.05 Å². The molecule has 0 radical (unpaired) electrons. The number of amides is 4. The fourth-order valence-electron chi connectivity index (χ4n) is 1.45. The number of primary amides is 1. The van der Waals surface area contributed by atoms with Crippen LogP contribution in [-0.4, -0.2) is 59.5 Å². The molecule has 0 aliphatic heterocycles. The molecule has 1 rings (SSSR count). The van der Waals surface area contributed by atoms with E-state index in [1.807, 2.05) is 0 Å². The first kappa shape index (κ1) is 15.7. The molecule has 0 aromatic heterocycles. The van der Waals surface area contributed by atoms with Crippen LogP contribution in [0.5, 0.6) is 0 Å². The van der Waals surface area contributed by atoms with E-state index in [9.17, 15) is 19.2 Å². The minimum atomic E-state index is -1.41. The molecule has 4 amide bonds. The molecular formula is C11H18N4O5. The smallest absolute Gasteiger partial charge is 0.326 e. The summed E-state index contributed by atoms with van der Waals surface area (Å²) in [5.74, 6) is -2.52. The van der Waals surface area contributed by atoms with Crippen LogP contribution >= 0.6 is 0 Å². The largest absolute Gasteiger partial charge is 0.480 e. The van der Waals surface area contributed by atoms with Gasteiger partial charge in [-0.2, -0.15) is 0 Å². The summed E-state index contributed by atoms with van der Waals surface area (Å²) in [5.41, 5.74) is 4.89. The van der Waals surface area contributed by atoms with Crippen molar-refractivity contribution in [3.63, 3.8) is 0 Å². The Bertz CT molecular complexity index is 421. The summed E-state index contributed by atoms with van der Waals surface area (Å²) in [6.07, 6.45) is 1.35. The summed E-state index contributed by atoms with van der Waals surface area (Å²) in [4.78, 5) is 45.8. The molecule has 112 valence electrons. The van der Waals surface area contributed by atoms with Crippen molar-refractivity contribution in [1.29, 1.82) is 0 Å². The number of aliphatic carboxylic acids is 1. The zero-order chi connectivity index (χ0) is 15.3. The van der Waals surface area contributed by atoms with E-state index in [1.54, 1.807) is 0 Å². The van der Waals surface area contributed by atoms with Gasteiger partial charge in [-0.05, 0) is 12.8 Å². The second kappa shape index (κ2) is 6.73. The Morgan fingerprint density at radius 1 is 1.35 bits per heavy atom. The lowest BCUT2D eigenvalue weighted by molar-refractivity contribution is -0.140. The molecule has 0 bridgehead atoms. The van der Waals surface area contributed by atoms with Gasteiger partial charge in [0.1, 0.15) is 12.6 Å². The topological polar surface area (TPSA) is 142 Å². The minimum absolute atomic E-state index is 0.181. The Morgan fingerprint density at radius 2 is 1.95 bits per heavy atom. The predicted octanol–water partition coefficient (Wildman–Crippen LogP) is -1.76. The molecule has 0 aromatic rings. The Hall–Kier alpha value is -2.32. The number of nitrogens with two attached hydrogens (primary N) is 1. The van der Waals surface area contributed by atoms with Crippen LogP contribution in [-0.2, 0) is 14.4 Å². The molecule has 9 nitrogen and oxygen atoms in total. The van der Waals surface area contributed by atoms with Gasteiger partial charge < -0.3 is 26.4 Å². The molecule has 9 heteroatoms. The van der Waals surface area contributed by atoms with Crippen molar-refractivity contribution in [2.75, 3.05) is 13.6 Å². The molecular weight excluding hydrogens is 268 g/mol. The van der Waals surface area contributed by atoms with Crippen molar-refractivity contribution in [3.8, 4) is 0 Å². The highest BCUT2D eigenvalue weighted by Crippen LogP contribution is 2.18. The van der Waals surface area contributed by atoms with Crippen molar-refractivity contribution in [1.82, 2.24) is 15.5 Å². The molecule has 1 aliphatic rings. The fourth-order valence-corrected chi connectivity index (χ4v) is 1.45. The first-order valence-corrected chi connectivity index (χ1v) is 6.11. The van der Waals surface area contributed by atoms with E-state index in [0.29, 0.717) is 0 Å². The third-order valence-electron chi connectivity index (χ3n) is 2.67. The van der Waals surface area contributed by atoms with Crippen LogP contribution in [0.3, 0.4) is 0 Å². The van der Waals surface area contributed by atoms with Gasteiger partial charge in [0.25, 0.3) is 0 Å². The molecule has 0 saturated heterocycles. The molecule has 1 atom stereocenters. The van der Waals surface area contributed by atoms with E-state index in [-0.39, 0.29) is 18.5 Å². The van der Waals surface area contributed by atoms with Crippen LogP contribution in [0.15, 0.2) is 0 Å². The summed E-state index contributed by atoms with van der Waals surface area (Å²) < 4.78 is 0. The molecule has 5 N–H and O–H groups in total. The quantitative estimate of drug-likeness (QED) is 0.438. The molecule has 1 saturated carbocycles. The van der Waals surface area contributed by atoms with Gasteiger partial charge in [-0.15, -0.1) is 0 Å². The summed E-state index contributed by atoms with van der Waals surface area (Å²) >= 11 is 0. The van der Waals surface area contributed by atoms with Crippen LogP contribution in [0.2, 0.25) is 0 Å². The summed E-state index contributed by atoms with van der Waals surface area (Å²) in [6.45, 7) is -0.189. The van der Waals surface area contributed by atoms with E-state index in [2.05, 4.69) is 10.6 Å². The third-order valence-corrected chi connectivity index (χ3v) is 2.67. The molecule has 0 heterocycles. The van der Waals surface area contributed by atoms with Crippen LogP contribution in [0, 0.1) is 0 Å². The van der Waals surface area contributed by atoms with Gasteiger partial charge in [-0.1, -0.05) is 0 Å². The first-order chi connectivity index (χ1) is 9.29. The number of carboxylic acids is 1.